The van der Waals surface area contributed by atoms with Gasteiger partial charge in [-0.3, -0.25) is 10.1 Å². The number of urea groups is 1. The molecule has 0 radical (unpaired) electrons. The highest BCUT2D eigenvalue weighted by Gasteiger charge is 2.18. The van der Waals surface area contributed by atoms with Crippen LogP contribution in [-0.2, 0) is 11.3 Å². The first-order valence-electron chi connectivity index (χ1n) is 10.3. The predicted molar refractivity (Wildman–Crippen MR) is 123 cm³/mol. The second-order valence-corrected chi connectivity index (χ2v) is 7.84. The molecular weight excluding hydrogens is 446 g/mol. The van der Waals surface area contributed by atoms with Crippen molar-refractivity contribution in [2.75, 3.05) is 31.4 Å². The lowest BCUT2D eigenvalue weighted by Gasteiger charge is -2.19. The van der Waals surface area contributed by atoms with E-state index < -0.39 is 11.9 Å². The van der Waals surface area contributed by atoms with Gasteiger partial charge in [-0.25, -0.2) is 4.79 Å². The summed E-state index contributed by atoms with van der Waals surface area (Å²) in [6.45, 7) is 3.50. The van der Waals surface area contributed by atoms with Gasteiger partial charge in [-0.05, 0) is 31.2 Å². The highest BCUT2D eigenvalue weighted by Crippen LogP contribution is 2.33. The molecule has 4 rings (SSSR count). The molecule has 1 aliphatic heterocycles. The Bertz CT molecular complexity index is 1170. The van der Waals surface area contributed by atoms with Crippen LogP contribution in [0.4, 0.5) is 10.5 Å². The van der Waals surface area contributed by atoms with Crippen molar-refractivity contribution in [1.29, 1.82) is 0 Å². The van der Waals surface area contributed by atoms with Crippen molar-refractivity contribution in [2.45, 2.75) is 18.6 Å². The molecule has 1 aromatic heterocycles. The third-order valence-electron chi connectivity index (χ3n) is 4.77. The number of imide groups is 1. The van der Waals surface area contributed by atoms with E-state index in [-0.39, 0.29) is 5.75 Å². The van der Waals surface area contributed by atoms with E-state index in [9.17, 15) is 9.59 Å². The molecule has 2 heterocycles. The minimum atomic E-state index is -0.635. The number of anilines is 1. The minimum absolute atomic E-state index is 0.00137. The molecule has 0 atom stereocenters. The largest absolute Gasteiger partial charge is 0.496 e. The van der Waals surface area contributed by atoms with Crippen molar-refractivity contribution in [3.8, 4) is 28.6 Å². The zero-order chi connectivity index (χ0) is 23.2. The van der Waals surface area contributed by atoms with E-state index in [4.69, 9.17) is 14.2 Å². The lowest BCUT2D eigenvalue weighted by atomic mass is 10.2. The maximum atomic E-state index is 12.3. The second kappa shape index (κ2) is 10.3. The van der Waals surface area contributed by atoms with Crippen LogP contribution in [0.1, 0.15) is 6.92 Å². The Morgan fingerprint density at radius 3 is 2.70 bits per heavy atom. The van der Waals surface area contributed by atoms with E-state index in [0.29, 0.717) is 53.7 Å². The lowest BCUT2D eigenvalue weighted by molar-refractivity contribution is -0.117. The Labute approximate surface area is 194 Å². The fourth-order valence-electron chi connectivity index (χ4n) is 3.29. The van der Waals surface area contributed by atoms with Gasteiger partial charge in [0.05, 0.1) is 18.4 Å². The molecule has 10 nitrogen and oxygen atoms in total. The van der Waals surface area contributed by atoms with Crippen LogP contribution in [0.25, 0.3) is 11.4 Å². The molecule has 0 saturated carbocycles. The van der Waals surface area contributed by atoms with E-state index >= 15 is 0 Å². The first kappa shape index (κ1) is 22.5. The lowest BCUT2D eigenvalue weighted by Crippen LogP contribution is -2.35. The zero-order valence-electron chi connectivity index (χ0n) is 18.2. The van der Waals surface area contributed by atoms with Crippen molar-refractivity contribution in [2.24, 2.45) is 0 Å². The highest BCUT2D eigenvalue weighted by molar-refractivity contribution is 7.99. The molecular formula is C22H23N5O5S. The molecule has 0 bridgehead atoms. The van der Waals surface area contributed by atoms with Crippen LogP contribution in [0, 0.1) is 0 Å². The van der Waals surface area contributed by atoms with Gasteiger partial charge < -0.3 is 24.1 Å². The van der Waals surface area contributed by atoms with Gasteiger partial charge in [0.15, 0.2) is 22.5 Å². The van der Waals surface area contributed by atoms with E-state index in [0.717, 1.165) is 5.56 Å². The smallest absolute Gasteiger partial charge is 0.325 e. The molecule has 172 valence electrons. The van der Waals surface area contributed by atoms with Crippen LogP contribution in [-0.4, -0.2) is 52.8 Å². The normalized spacial score (nSPS) is 12.2. The van der Waals surface area contributed by atoms with Gasteiger partial charge in [-0.15, -0.1) is 10.2 Å². The Kier molecular flexibility index (Phi) is 6.98. The summed E-state index contributed by atoms with van der Waals surface area (Å²) in [5.41, 5.74) is 1.30. The van der Waals surface area contributed by atoms with Crippen LogP contribution in [0.2, 0.25) is 0 Å². The molecule has 1 aliphatic rings. The predicted octanol–water partition coefficient (Wildman–Crippen LogP) is 3.19. The standard InChI is InChI=1S/C22H23N5O5S/c1-3-27-20(15-6-4-5-7-16(15)30-2)25-26-22(27)33-13-19(28)24-21(29)23-14-8-9-17-18(12-14)32-11-10-31-17/h4-9,12H,3,10-11,13H2,1-2H3,(H2,23,24,28,29). The van der Waals surface area contributed by atoms with Gasteiger partial charge >= 0.3 is 6.03 Å². The molecule has 33 heavy (non-hydrogen) atoms. The summed E-state index contributed by atoms with van der Waals surface area (Å²) in [6, 6.07) is 11.9. The van der Waals surface area contributed by atoms with Crippen molar-refractivity contribution in [3.05, 3.63) is 42.5 Å². The Morgan fingerprint density at radius 1 is 1.12 bits per heavy atom. The van der Waals surface area contributed by atoms with Crippen molar-refractivity contribution in [3.63, 3.8) is 0 Å². The maximum Gasteiger partial charge on any atom is 0.325 e. The van der Waals surface area contributed by atoms with Crippen LogP contribution >= 0.6 is 11.8 Å². The topological polar surface area (TPSA) is 117 Å². The molecule has 3 aromatic rings. The number of benzene rings is 2. The highest BCUT2D eigenvalue weighted by atomic mass is 32.2. The first-order valence-corrected chi connectivity index (χ1v) is 11.3. The fourth-order valence-corrected chi connectivity index (χ4v) is 4.09. The van der Waals surface area contributed by atoms with Crippen LogP contribution in [0.3, 0.4) is 0 Å². The number of rotatable bonds is 7. The van der Waals surface area contributed by atoms with Crippen molar-refractivity contribution >= 4 is 29.4 Å². The summed E-state index contributed by atoms with van der Waals surface area (Å²) in [5, 5.41) is 14.0. The van der Waals surface area contributed by atoms with Crippen LogP contribution < -0.4 is 24.8 Å². The number of hydrogen-bond donors (Lipinski definition) is 2. The van der Waals surface area contributed by atoms with Gasteiger partial charge in [0.2, 0.25) is 5.91 Å². The Hall–Kier alpha value is -3.73. The third-order valence-corrected chi connectivity index (χ3v) is 5.73. The third kappa shape index (κ3) is 5.20. The van der Waals surface area contributed by atoms with Crippen LogP contribution in [0.15, 0.2) is 47.6 Å². The molecule has 2 N–H and O–H groups in total. The number of nitrogens with one attached hydrogen (secondary N) is 2. The zero-order valence-corrected chi connectivity index (χ0v) is 19.0. The summed E-state index contributed by atoms with van der Waals surface area (Å²) in [7, 11) is 1.60. The monoisotopic (exact) mass is 469 g/mol. The Balaban J connectivity index is 1.35. The van der Waals surface area contributed by atoms with Gasteiger partial charge in [-0.1, -0.05) is 23.9 Å². The number of fused-ring (bicyclic) bond motifs is 1. The molecule has 11 heteroatoms. The van der Waals surface area contributed by atoms with Crippen LogP contribution in [0.5, 0.6) is 17.2 Å². The number of carbonyl (C=O) groups is 2. The number of aromatic nitrogens is 3. The molecule has 0 unspecified atom stereocenters. The summed E-state index contributed by atoms with van der Waals surface area (Å²) >= 11 is 1.20. The Morgan fingerprint density at radius 2 is 1.91 bits per heavy atom. The summed E-state index contributed by atoms with van der Waals surface area (Å²) in [5.74, 6) is 2.04. The molecule has 0 spiro atoms. The van der Waals surface area contributed by atoms with Gasteiger partial charge in [0.1, 0.15) is 19.0 Å². The molecule has 3 amide bonds. The maximum absolute atomic E-state index is 12.3. The minimum Gasteiger partial charge on any atom is -0.496 e. The van der Waals surface area contributed by atoms with E-state index in [2.05, 4.69) is 20.8 Å². The second-order valence-electron chi connectivity index (χ2n) is 6.90. The number of nitrogens with zero attached hydrogens (tertiary/aromatic N) is 3. The fraction of sp³-hybridized carbons (Fsp3) is 0.273. The molecule has 0 saturated heterocycles. The molecule has 0 aliphatic carbocycles. The van der Waals surface area contributed by atoms with Crippen molar-refractivity contribution in [1.82, 2.24) is 20.1 Å². The quantitative estimate of drug-likeness (QED) is 0.507. The van der Waals surface area contributed by atoms with E-state index in [1.54, 1.807) is 25.3 Å². The number of methoxy groups -OCH3 is 1. The average Bonchev–Trinajstić information content (AvgIpc) is 3.25. The van der Waals surface area contributed by atoms with Gasteiger partial charge in [0.25, 0.3) is 0 Å². The summed E-state index contributed by atoms with van der Waals surface area (Å²) in [6.07, 6.45) is 0. The average molecular weight is 470 g/mol. The van der Waals surface area contributed by atoms with Gasteiger partial charge in [-0.2, -0.15) is 0 Å². The first-order chi connectivity index (χ1) is 16.1. The van der Waals surface area contributed by atoms with Gasteiger partial charge in [0, 0.05) is 18.3 Å². The summed E-state index contributed by atoms with van der Waals surface area (Å²) in [4.78, 5) is 24.5. The number of para-hydroxylation sites is 1. The number of carbonyl (C=O) groups excluding carboxylic acids is 2. The van der Waals surface area contributed by atoms with E-state index in [1.165, 1.54) is 11.8 Å². The van der Waals surface area contributed by atoms with E-state index in [1.807, 2.05) is 35.8 Å². The molecule has 0 fully saturated rings. The number of thioether (sulfide) groups is 1. The van der Waals surface area contributed by atoms with Crippen molar-refractivity contribution < 1.29 is 23.8 Å². The number of hydrogen-bond acceptors (Lipinski definition) is 8. The molecule has 2 aromatic carbocycles. The SMILES string of the molecule is CCn1c(SCC(=O)NC(=O)Nc2ccc3c(c2)OCCO3)nnc1-c1ccccc1OC. The summed E-state index contributed by atoms with van der Waals surface area (Å²) < 4.78 is 18.3. The number of ether oxygens (including phenoxy) is 3. The number of amides is 3.